The number of carboxylic acid groups (broad SMARTS) is 1. The summed E-state index contributed by atoms with van der Waals surface area (Å²) in [5.41, 5.74) is 5.99. The second-order valence-electron chi connectivity index (χ2n) is 8.97. The molecule has 0 aliphatic heterocycles. The largest absolute Gasteiger partial charge is 0.478 e. The van der Waals surface area contributed by atoms with E-state index in [0.29, 0.717) is 32.9 Å². The number of ether oxygens (including phenoxy) is 1. The third-order valence-electron chi connectivity index (χ3n) is 5.92. The quantitative estimate of drug-likeness (QED) is 0.117. The predicted octanol–water partition coefficient (Wildman–Crippen LogP) is 8.29. The van der Waals surface area contributed by atoms with Crippen LogP contribution in [0.4, 0.5) is 29.7 Å². The molecular formula is C30H22F3N5O3S. The Morgan fingerprint density at radius 2 is 1.57 bits per heavy atom. The maximum atomic E-state index is 13.0. The third-order valence-corrected chi connectivity index (χ3v) is 6.81. The molecule has 0 radical (unpaired) electrons. The Labute approximate surface area is 242 Å². The molecule has 0 amide bonds. The van der Waals surface area contributed by atoms with Gasteiger partial charge >= 0.3 is 12.1 Å². The molecule has 0 aliphatic rings. The van der Waals surface area contributed by atoms with Crippen molar-refractivity contribution in [1.29, 1.82) is 0 Å². The Bertz CT molecular complexity index is 1750. The highest BCUT2D eigenvalue weighted by atomic mass is 32.1. The number of nitrogens with one attached hydrogen (secondary N) is 2. The fourth-order valence-corrected chi connectivity index (χ4v) is 4.56. The molecular weight excluding hydrogens is 567 g/mol. The minimum Gasteiger partial charge on any atom is -0.478 e. The summed E-state index contributed by atoms with van der Waals surface area (Å²) >= 11 is 1.30. The summed E-state index contributed by atoms with van der Waals surface area (Å²) in [6, 6.07) is 25.4. The Morgan fingerprint density at radius 1 is 0.857 bits per heavy atom. The number of hydrazone groups is 1. The minimum atomic E-state index is -4.46. The first kappa shape index (κ1) is 28.3. The van der Waals surface area contributed by atoms with Gasteiger partial charge in [-0.15, -0.1) is 10.2 Å². The van der Waals surface area contributed by atoms with Gasteiger partial charge < -0.3 is 15.2 Å². The second-order valence-corrected chi connectivity index (χ2v) is 9.94. The predicted molar refractivity (Wildman–Crippen MR) is 156 cm³/mol. The van der Waals surface area contributed by atoms with Gasteiger partial charge in [-0.2, -0.15) is 18.3 Å². The maximum Gasteiger partial charge on any atom is 0.416 e. The van der Waals surface area contributed by atoms with Gasteiger partial charge in [-0.05, 0) is 79.2 Å². The summed E-state index contributed by atoms with van der Waals surface area (Å²) in [5.74, 6) is -0.554. The summed E-state index contributed by atoms with van der Waals surface area (Å²) in [7, 11) is 0. The van der Waals surface area contributed by atoms with Gasteiger partial charge in [0.05, 0.1) is 22.5 Å². The number of alkyl halides is 3. The monoisotopic (exact) mass is 589 g/mol. The van der Waals surface area contributed by atoms with Gasteiger partial charge in [-0.1, -0.05) is 41.7 Å². The van der Waals surface area contributed by atoms with Gasteiger partial charge in [0.25, 0.3) is 0 Å². The first-order chi connectivity index (χ1) is 20.1. The SMILES string of the molecule is C/C(=N/Nc1ccc(C(=O)O)cc1)c1cccc(Nc2nnc(-c3cccc(Oc4cccc(C(F)(F)F)c4)c3)s2)c1. The summed E-state index contributed by atoms with van der Waals surface area (Å²) in [6.45, 7) is 1.84. The van der Waals surface area contributed by atoms with Gasteiger partial charge in [0, 0.05) is 11.3 Å². The highest BCUT2D eigenvalue weighted by molar-refractivity contribution is 7.18. The number of benzene rings is 4. The molecule has 0 fully saturated rings. The lowest BCUT2D eigenvalue weighted by Gasteiger charge is -2.10. The number of anilines is 3. The number of hydrogen-bond acceptors (Lipinski definition) is 8. The van der Waals surface area contributed by atoms with E-state index in [1.165, 1.54) is 35.6 Å². The molecule has 12 heteroatoms. The van der Waals surface area contributed by atoms with Crippen LogP contribution in [-0.4, -0.2) is 27.0 Å². The molecule has 0 bridgehead atoms. The van der Waals surface area contributed by atoms with Crippen LogP contribution >= 0.6 is 11.3 Å². The van der Waals surface area contributed by atoms with Crippen LogP contribution in [-0.2, 0) is 6.18 Å². The topological polar surface area (TPSA) is 109 Å². The van der Waals surface area contributed by atoms with Crippen LogP contribution < -0.4 is 15.5 Å². The molecule has 0 unspecified atom stereocenters. The number of rotatable bonds is 9. The summed E-state index contributed by atoms with van der Waals surface area (Å²) in [5, 5.41) is 26.2. The summed E-state index contributed by atoms with van der Waals surface area (Å²) < 4.78 is 44.8. The lowest BCUT2D eigenvalue weighted by Crippen LogP contribution is -2.04. The van der Waals surface area contributed by atoms with Crippen molar-refractivity contribution in [3.05, 3.63) is 114 Å². The fourth-order valence-electron chi connectivity index (χ4n) is 3.80. The Hall–Kier alpha value is -5.23. The molecule has 0 saturated heterocycles. The lowest BCUT2D eigenvalue weighted by atomic mass is 10.1. The zero-order valence-corrected chi connectivity index (χ0v) is 22.7. The zero-order valence-electron chi connectivity index (χ0n) is 21.9. The van der Waals surface area contributed by atoms with Gasteiger partial charge in [0.1, 0.15) is 16.5 Å². The Kier molecular flexibility index (Phi) is 8.16. The van der Waals surface area contributed by atoms with Gasteiger partial charge in [-0.3, -0.25) is 5.43 Å². The van der Waals surface area contributed by atoms with Crippen LogP contribution in [0.25, 0.3) is 10.6 Å². The number of hydrogen-bond donors (Lipinski definition) is 3. The lowest BCUT2D eigenvalue weighted by molar-refractivity contribution is -0.137. The number of halogens is 3. The van der Waals surface area contributed by atoms with Crippen molar-refractivity contribution in [3.8, 4) is 22.1 Å². The standard InChI is InChI=1S/C30H22F3N5O3S/c1-18(35-36-23-13-11-19(12-14-23)28(39)40)20-5-2-8-24(15-20)34-29-38-37-27(42-29)21-6-3-9-25(16-21)41-26-10-4-7-22(17-26)30(31,32)33/h2-17,36H,1H3,(H,34,38)(H,39,40)/b35-18-. The van der Waals surface area contributed by atoms with Crippen molar-refractivity contribution >= 4 is 39.5 Å². The zero-order chi connectivity index (χ0) is 29.7. The normalized spacial score (nSPS) is 11.7. The van der Waals surface area contributed by atoms with Crippen molar-refractivity contribution in [3.63, 3.8) is 0 Å². The average molecular weight is 590 g/mol. The van der Waals surface area contributed by atoms with Crippen LogP contribution in [0.1, 0.15) is 28.4 Å². The Balaban J connectivity index is 1.25. The van der Waals surface area contributed by atoms with Crippen molar-refractivity contribution < 1.29 is 27.8 Å². The van der Waals surface area contributed by atoms with Crippen molar-refractivity contribution in [2.24, 2.45) is 5.10 Å². The van der Waals surface area contributed by atoms with E-state index in [2.05, 4.69) is 26.0 Å². The molecule has 42 heavy (non-hydrogen) atoms. The highest BCUT2D eigenvalue weighted by Crippen LogP contribution is 2.35. The summed E-state index contributed by atoms with van der Waals surface area (Å²) in [6.07, 6.45) is -4.46. The van der Waals surface area contributed by atoms with Crippen molar-refractivity contribution in [1.82, 2.24) is 10.2 Å². The smallest absolute Gasteiger partial charge is 0.416 e. The molecule has 0 atom stereocenters. The van der Waals surface area contributed by atoms with Crippen LogP contribution in [0.3, 0.4) is 0 Å². The first-order valence-corrected chi connectivity index (χ1v) is 13.3. The molecule has 8 nitrogen and oxygen atoms in total. The van der Waals surface area contributed by atoms with Gasteiger partial charge in [0.2, 0.25) is 5.13 Å². The average Bonchev–Trinajstić information content (AvgIpc) is 3.44. The van der Waals surface area contributed by atoms with E-state index < -0.39 is 17.7 Å². The molecule has 0 aliphatic carbocycles. The number of carbonyl (C=O) groups is 1. The second kappa shape index (κ2) is 12.1. The number of aromatic nitrogens is 2. The van der Waals surface area contributed by atoms with Gasteiger partial charge in [0.15, 0.2) is 0 Å². The van der Waals surface area contributed by atoms with E-state index in [9.17, 15) is 18.0 Å². The van der Waals surface area contributed by atoms with Crippen molar-refractivity contribution in [2.45, 2.75) is 13.1 Å². The van der Waals surface area contributed by atoms with Crippen LogP contribution in [0, 0.1) is 0 Å². The maximum absolute atomic E-state index is 13.0. The van der Waals surface area contributed by atoms with Crippen LogP contribution in [0.15, 0.2) is 102 Å². The van der Waals surface area contributed by atoms with E-state index in [4.69, 9.17) is 9.84 Å². The van der Waals surface area contributed by atoms with E-state index in [0.717, 1.165) is 23.4 Å². The number of aromatic carboxylic acids is 1. The molecule has 3 N–H and O–H groups in total. The van der Waals surface area contributed by atoms with Crippen LogP contribution in [0.2, 0.25) is 0 Å². The molecule has 0 saturated carbocycles. The molecule has 1 heterocycles. The molecule has 212 valence electrons. The molecule has 5 rings (SSSR count). The molecule has 1 aromatic heterocycles. The molecule has 4 aromatic carbocycles. The van der Waals surface area contributed by atoms with E-state index in [1.807, 2.05) is 37.3 Å². The van der Waals surface area contributed by atoms with E-state index in [1.54, 1.807) is 30.3 Å². The van der Waals surface area contributed by atoms with E-state index in [-0.39, 0.29) is 11.3 Å². The van der Waals surface area contributed by atoms with Crippen molar-refractivity contribution in [2.75, 3.05) is 10.7 Å². The van der Waals surface area contributed by atoms with Crippen LogP contribution in [0.5, 0.6) is 11.5 Å². The fraction of sp³-hybridized carbons (Fsp3) is 0.0667. The summed E-state index contributed by atoms with van der Waals surface area (Å²) in [4.78, 5) is 11.0. The Morgan fingerprint density at radius 3 is 2.31 bits per heavy atom. The third kappa shape index (κ3) is 7.09. The first-order valence-electron chi connectivity index (χ1n) is 12.4. The minimum absolute atomic E-state index is 0.0756. The van der Waals surface area contributed by atoms with Gasteiger partial charge in [-0.25, -0.2) is 4.79 Å². The number of carboxylic acids is 1. The number of nitrogens with zero attached hydrogens (tertiary/aromatic N) is 3. The molecule has 5 aromatic rings. The molecule has 0 spiro atoms. The van der Waals surface area contributed by atoms with E-state index >= 15 is 0 Å². The highest BCUT2D eigenvalue weighted by Gasteiger charge is 2.30.